The van der Waals surface area contributed by atoms with Gasteiger partial charge in [0.2, 0.25) is 148 Å². The third-order valence-corrected chi connectivity index (χ3v) is 21.8. The van der Waals surface area contributed by atoms with Crippen molar-refractivity contribution in [1.29, 1.82) is 0 Å². The summed E-state index contributed by atoms with van der Waals surface area (Å²) in [6, 6.07) is -21.5. The third kappa shape index (κ3) is 39.9. The fraction of sp³-hybridized carbons (Fsp3) is 0.524. The molecule has 0 radical (unpaired) electrons. The van der Waals surface area contributed by atoms with Crippen molar-refractivity contribution in [3.63, 3.8) is 0 Å². The number of aliphatic hydroxyl groups is 2. The number of fused-ring (bicyclic) bond motifs is 1. The number of carbonyl (C=O) groups excluding carboxylic acids is 25. The van der Waals surface area contributed by atoms with Gasteiger partial charge in [0.15, 0.2) is 0 Å². The molecule has 4 aromatic rings. The average Bonchev–Trinajstić information content (AvgIpc) is 1.68. The Morgan fingerprint density at radius 2 is 0.722 bits per heavy atom. The predicted molar refractivity (Wildman–Crippen MR) is 493 cm³/mol. The van der Waals surface area contributed by atoms with Crippen molar-refractivity contribution in [2.45, 2.75) is 240 Å². The van der Waals surface area contributed by atoms with Crippen LogP contribution >= 0.6 is 0 Å². The van der Waals surface area contributed by atoms with Crippen LogP contribution in [0.15, 0.2) is 55.5 Å². The Labute approximate surface area is 818 Å². The molecule has 4 heterocycles. The maximum atomic E-state index is 14.4. The number of amides is 25. The van der Waals surface area contributed by atoms with E-state index < -0.39 is 360 Å². The highest BCUT2D eigenvalue weighted by Gasteiger charge is 2.42. The number of nitrogens with zero attached hydrogens (tertiary/aromatic N) is 3. The first kappa shape index (κ1) is 118. The molecule has 1 saturated heterocycles. The Morgan fingerprint density at radius 1 is 0.375 bits per heavy atom. The van der Waals surface area contributed by atoms with Crippen LogP contribution < -0.4 is 136 Å². The topological polar surface area (TPSA) is 980 Å². The van der Waals surface area contributed by atoms with Gasteiger partial charge in [-0.3, -0.25) is 120 Å². The molecule has 0 unspecified atom stereocenters. The number of likely N-dealkylation sites (tertiary alicyclic amines) is 1. The number of benzene rings is 1. The number of para-hydroxylation sites is 1. The number of carboxylic acid groups (broad SMARTS) is 1. The van der Waals surface area contributed by atoms with Gasteiger partial charge in [-0.15, -0.1) is 0 Å². The summed E-state index contributed by atoms with van der Waals surface area (Å²) in [6.45, 7) is 0.979. The smallest absolute Gasteiger partial charge is 0.326 e. The highest BCUT2D eigenvalue weighted by atomic mass is 16.4. The summed E-state index contributed by atoms with van der Waals surface area (Å²) in [7, 11) is 0. The fourth-order valence-corrected chi connectivity index (χ4v) is 14.0. The number of aliphatic carboxylic acids is 1. The average molecular weight is 2030 g/mol. The molecule has 788 valence electrons. The summed E-state index contributed by atoms with van der Waals surface area (Å²) in [5, 5.41) is 71.8. The number of rotatable bonds is 63. The van der Waals surface area contributed by atoms with E-state index in [0.29, 0.717) is 27.9 Å². The Morgan fingerprint density at radius 3 is 1.14 bits per heavy atom. The zero-order valence-electron chi connectivity index (χ0n) is 78.9. The Kier molecular flexibility index (Phi) is 47.7. The van der Waals surface area contributed by atoms with Crippen molar-refractivity contribution in [2.24, 2.45) is 40.1 Å². The van der Waals surface area contributed by atoms with E-state index in [1.54, 1.807) is 24.3 Å². The molecule has 0 saturated carbocycles. The molecule has 0 aliphatic carbocycles. The molecule has 1 aliphatic heterocycles. The van der Waals surface area contributed by atoms with Crippen LogP contribution in [0.5, 0.6) is 0 Å². The standard InChI is InChI=1S/C84H123N31O29/c1-37(101-74(133)47(12-17-59(86)118)107-77(136)50(15-20-62(89)121)109-78(137)51(16-21-63(90)122)108-76(135)49(14-19-61(88)120)106-71(130)40(4)100-69(128)39(3)102-75(134)48(13-18-60(87)119)110-80(139)53(104-65(124)27-85)24-43-29-92-35-97-43)68(127)95-32-67(126)105-52(23-42-28-94-46-10-7-6-9-45(42)46)79(138)111-54(26-64(91)123)73(132)96-31-66(125)99-38(2)70(129)113-56(33-116)81(140)103-41(5)72(131)114-57(34-117)83(142)115-22-8-11-58(115)82(141)112-55(84(143)144)25-44-30-93-36-98-44/h6-7,9-10,28-30,35-41,47-58,94,116-117H,8,11-27,31-34,85H2,1-5H3,(H2,86,118)(H2,87,119)(H2,88,120)(H2,89,121)(H2,90,122)(H2,91,123)(H,92,97)(H,93,98)(H,95,127)(H,96,132)(H,99,125)(H,100,128)(H,101,133)(H,102,134)(H,103,140)(H,104,124)(H,105,126)(H,106,130)(H,107,136)(H,108,135)(H,109,137)(H,110,139)(H,111,138)(H,112,141)(H,113,129)(H,114,131)(H,143,144)/t37-,38-,39-,40-,41-,47-,48-,49-,50-,51-,52-,53-,54-,55-,56-,57-,58-/m0/s1. The van der Waals surface area contributed by atoms with E-state index in [4.69, 9.17) is 40.1 Å². The van der Waals surface area contributed by atoms with Gasteiger partial charge >= 0.3 is 5.97 Å². The summed E-state index contributed by atoms with van der Waals surface area (Å²) in [5.41, 5.74) is 39.5. The fourth-order valence-electron chi connectivity index (χ4n) is 14.0. The summed E-state index contributed by atoms with van der Waals surface area (Å²) < 4.78 is 0. The predicted octanol–water partition coefficient (Wildman–Crippen LogP) is -16.0. The third-order valence-electron chi connectivity index (χ3n) is 21.8. The molecule has 5 rings (SSSR count). The van der Waals surface area contributed by atoms with Crippen molar-refractivity contribution in [3.8, 4) is 0 Å². The van der Waals surface area contributed by atoms with E-state index in [0.717, 1.165) is 39.5 Å². The first-order chi connectivity index (χ1) is 67.9. The second-order valence-electron chi connectivity index (χ2n) is 33.3. The maximum absolute atomic E-state index is 14.4. The molecule has 1 aromatic carbocycles. The van der Waals surface area contributed by atoms with E-state index in [9.17, 15) is 140 Å². The molecule has 25 amide bonds. The number of primary amides is 6. The minimum Gasteiger partial charge on any atom is -0.480 e. The Hall–Kier alpha value is -16.7. The van der Waals surface area contributed by atoms with Gasteiger partial charge in [-0.2, -0.15) is 0 Å². The minimum atomic E-state index is -1.92. The minimum absolute atomic E-state index is 0.0235. The molecule has 0 bridgehead atoms. The van der Waals surface area contributed by atoms with Crippen LogP contribution in [0.4, 0.5) is 0 Å². The molecule has 60 nitrogen and oxygen atoms in total. The number of carboxylic acids is 1. The largest absolute Gasteiger partial charge is 0.480 e. The monoisotopic (exact) mass is 2030 g/mol. The van der Waals surface area contributed by atoms with Crippen LogP contribution in [0, 0.1) is 0 Å². The van der Waals surface area contributed by atoms with Crippen LogP contribution in [0.1, 0.15) is 135 Å². The molecule has 60 heteroatoms. The van der Waals surface area contributed by atoms with Crippen molar-refractivity contribution >= 4 is 165 Å². The van der Waals surface area contributed by atoms with Gasteiger partial charge in [0.1, 0.15) is 103 Å². The molecule has 38 N–H and O–H groups in total. The lowest BCUT2D eigenvalue weighted by atomic mass is 10.0. The number of imidazole rings is 2. The van der Waals surface area contributed by atoms with E-state index in [-0.39, 0.29) is 38.6 Å². The molecular formula is C84H123N31O29. The number of hydrogen-bond donors (Lipinski definition) is 31. The number of nitrogens with one attached hydrogen (secondary N) is 21. The van der Waals surface area contributed by atoms with Crippen molar-refractivity contribution < 1.29 is 140 Å². The molecule has 1 fully saturated rings. The van der Waals surface area contributed by atoms with Crippen LogP contribution in [0.3, 0.4) is 0 Å². The maximum Gasteiger partial charge on any atom is 0.326 e. The van der Waals surface area contributed by atoms with E-state index in [2.05, 4.69) is 121 Å². The summed E-state index contributed by atoms with van der Waals surface area (Å²) in [4.78, 5) is 362. The SMILES string of the molecule is C[C@H](NC(=O)CNC(=O)[C@H](CC(N)=O)NC(=O)[C@H](Cc1c[nH]c2ccccc12)NC(=O)CNC(=O)[C@H](C)NC(=O)[C@H](CCC(N)=O)NC(=O)[C@H](CCC(N)=O)NC(=O)[C@H](CCC(N)=O)NC(=O)[C@H](CCC(N)=O)NC(=O)[C@H](C)NC(=O)[C@H](C)NC(=O)[C@H](CCC(N)=O)NC(=O)[C@H](Cc1c[nH]cn1)NC(=O)CN)C(=O)N[C@@H](CO)C(=O)N[C@@H](C)C(=O)N[C@@H](CO)C(=O)N1CCC[C@H]1C(=O)N[C@@H](Cc1c[nH]cn1)C(=O)O. The number of nitrogens with two attached hydrogens (primary N) is 7. The first-order valence-electron chi connectivity index (χ1n) is 45.0. The number of hydrogen-bond acceptors (Lipinski definition) is 31. The highest BCUT2D eigenvalue weighted by Crippen LogP contribution is 2.22. The van der Waals surface area contributed by atoms with Gasteiger partial charge in [-0.05, 0) is 91.2 Å². The number of aliphatic hydroxyl groups excluding tert-OH is 2. The quantitative estimate of drug-likeness (QED) is 0.0195. The summed E-state index contributed by atoms with van der Waals surface area (Å²) >= 11 is 0. The number of H-pyrrole nitrogens is 3. The van der Waals surface area contributed by atoms with E-state index in [1.165, 1.54) is 31.2 Å². The molecule has 144 heavy (non-hydrogen) atoms. The van der Waals surface area contributed by atoms with Crippen molar-refractivity contribution in [3.05, 3.63) is 72.5 Å². The van der Waals surface area contributed by atoms with Gasteiger partial charge in [-0.1, -0.05) is 18.2 Å². The molecular weight excluding hydrogens is 1910 g/mol. The lowest BCUT2D eigenvalue weighted by molar-refractivity contribution is -0.145. The van der Waals surface area contributed by atoms with Crippen LogP contribution in [-0.4, -0.2) is 341 Å². The normalized spacial score (nSPS) is 15.4. The van der Waals surface area contributed by atoms with Crippen LogP contribution in [-0.2, 0) is 144 Å². The van der Waals surface area contributed by atoms with Gasteiger partial charge in [0.05, 0.1) is 63.3 Å². The first-order valence-corrected chi connectivity index (χ1v) is 45.0. The molecule has 3 aromatic heterocycles. The van der Waals surface area contributed by atoms with Gasteiger partial charge in [0.25, 0.3) is 0 Å². The number of aromatic nitrogens is 5. The zero-order chi connectivity index (χ0) is 107. The van der Waals surface area contributed by atoms with Gasteiger partial charge in [0, 0.05) is 87.4 Å². The Bertz CT molecular complexity index is 5310. The second kappa shape index (κ2) is 58.4. The lowest BCUT2D eigenvalue weighted by Gasteiger charge is -2.29. The summed E-state index contributed by atoms with van der Waals surface area (Å²) in [5.74, 6) is -28.6. The van der Waals surface area contributed by atoms with Crippen molar-refractivity contribution in [2.75, 3.05) is 39.4 Å². The second-order valence-corrected chi connectivity index (χ2v) is 33.3. The van der Waals surface area contributed by atoms with Crippen LogP contribution in [0.2, 0.25) is 0 Å². The molecule has 17 atom stereocenters. The number of carbonyl (C=O) groups is 26. The van der Waals surface area contributed by atoms with Crippen LogP contribution in [0.25, 0.3) is 10.9 Å². The van der Waals surface area contributed by atoms with Crippen molar-refractivity contribution in [1.82, 2.24) is 126 Å². The lowest BCUT2D eigenvalue weighted by Crippen LogP contribution is -2.60. The van der Waals surface area contributed by atoms with E-state index in [1.807, 2.05) is 0 Å². The van der Waals surface area contributed by atoms with E-state index >= 15 is 0 Å². The summed E-state index contributed by atoms with van der Waals surface area (Å²) in [6.07, 6.45) is -0.520. The highest BCUT2D eigenvalue weighted by molar-refractivity contribution is 6.03. The van der Waals surface area contributed by atoms with Gasteiger partial charge < -0.3 is 171 Å². The van der Waals surface area contributed by atoms with Gasteiger partial charge in [-0.25, -0.2) is 14.8 Å². The molecule has 1 aliphatic rings. The Balaban J connectivity index is 1.21. The zero-order valence-corrected chi connectivity index (χ0v) is 78.9. The molecule has 0 spiro atoms. The number of aromatic amines is 3.